The zero-order valence-corrected chi connectivity index (χ0v) is 10.2. The Morgan fingerprint density at radius 3 is 2.29 bits per heavy atom. The van der Waals surface area contributed by atoms with Gasteiger partial charge in [-0.05, 0) is 25.7 Å². The first-order chi connectivity index (χ1) is 7.94. The van der Waals surface area contributed by atoms with Crippen LogP contribution in [0.25, 0.3) is 0 Å². The molecular formula is C12H18N2O3. The standard InChI is InChI=1S/C12H18N2O3/c1-7(2)9(15)8-3-5-12(6-4-8)10(16)13-11(17)14-12/h7-8H,3-6H2,1-2H3,(H2,13,14,16,17). The lowest BCUT2D eigenvalue weighted by molar-refractivity contribution is -0.130. The van der Waals surface area contributed by atoms with E-state index in [-0.39, 0.29) is 23.5 Å². The van der Waals surface area contributed by atoms with Crippen molar-refractivity contribution in [1.29, 1.82) is 0 Å². The smallest absolute Gasteiger partial charge is 0.322 e. The monoisotopic (exact) mass is 238 g/mol. The SMILES string of the molecule is CC(C)C(=O)C1CCC2(CC1)NC(=O)NC2=O. The molecule has 0 bridgehead atoms. The normalized spacial score (nSPS) is 32.8. The highest BCUT2D eigenvalue weighted by molar-refractivity contribution is 6.07. The van der Waals surface area contributed by atoms with Crippen LogP contribution in [0.4, 0.5) is 4.79 Å². The minimum atomic E-state index is -0.745. The predicted octanol–water partition coefficient (Wildman–Crippen LogP) is 0.980. The summed E-state index contributed by atoms with van der Waals surface area (Å²) >= 11 is 0. The summed E-state index contributed by atoms with van der Waals surface area (Å²) in [7, 11) is 0. The molecule has 3 amide bonds. The Bertz CT molecular complexity index is 368. The Labute approximate surface area is 100 Å². The van der Waals surface area contributed by atoms with E-state index >= 15 is 0 Å². The van der Waals surface area contributed by atoms with Crippen LogP contribution in [0, 0.1) is 11.8 Å². The summed E-state index contributed by atoms with van der Waals surface area (Å²) in [6.07, 6.45) is 2.50. The second kappa shape index (κ2) is 4.13. The molecule has 0 atom stereocenters. The van der Waals surface area contributed by atoms with Crippen LogP contribution in [-0.4, -0.2) is 23.3 Å². The maximum Gasteiger partial charge on any atom is 0.322 e. The van der Waals surface area contributed by atoms with Crippen molar-refractivity contribution >= 4 is 17.7 Å². The van der Waals surface area contributed by atoms with Crippen molar-refractivity contribution in [3.63, 3.8) is 0 Å². The number of hydrogen-bond donors (Lipinski definition) is 2. The van der Waals surface area contributed by atoms with Crippen molar-refractivity contribution in [2.24, 2.45) is 11.8 Å². The molecule has 1 aliphatic carbocycles. The quantitative estimate of drug-likeness (QED) is 0.704. The van der Waals surface area contributed by atoms with E-state index in [4.69, 9.17) is 0 Å². The fourth-order valence-electron chi connectivity index (χ4n) is 2.75. The molecule has 2 fully saturated rings. The third kappa shape index (κ3) is 2.06. The van der Waals surface area contributed by atoms with Crippen molar-refractivity contribution < 1.29 is 14.4 Å². The number of hydrogen-bond acceptors (Lipinski definition) is 3. The van der Waals surface area contributed by atoms with Crippen LogP contribution in [0.1, 0.15) is 39.5 Å². The van der Waals surface area contributed by atoms with Gasteiger partial charge in [0.1, 0.15) is 11.3 Å². The first-order valence-electron chi connectivity index (χ1n) is 6.12. The Morgan fingerprint density at radius 2 is 1.88 bits per heavy atom. The lowest BCUT2D eigenvalue weighted by Gasteiger charge is -2.34. The van der Waals surface area contributed by atoms with E-state index in [1.165, 1.54) is 0 Å². The second-order valence-corrected chi connectivity index (χ2v) is 5.32. The van der Waals surface area contributed by atoms with E-state index in [9.17, 15) is 14.4 Å². The Kier molecular flexibility index (Phi) is 2.93. The fourth-order valence-corrected chi connectivity index (χ4v) is 2.75. The molecule has 0 radical (unpaired) electrons. The van der Waals surface area contributed by atoms with Gasteiger partial charge in [0.25, 0.3) is 5.91 Å². The summed E-state index contributed by atoms with van der Waals surface area (Å²) in [5.74, 6) is 0.120. The van der Waals surface area contributed by atoms with E-state index in [2.05, 4.69) is 10.6 Å². The molecule has 17 heavy (non-hydrogen) atoms. The fraction of sp³-hybridized carbons (Fsp3) is 0.750. The van der Waals surface area contributed by atoms with Gasteiger partial charge in [0.15, 0.2) is 0 Å². The van der Waals surface area contributed by atoms with Gasteiger partial charge in [-0.15, -0.1) is 0 Å². The topological polar surface area (TPSA) is 75.3 Å². The van der Waals surface area contributed by atoms with Gasteiger partial charge in [-0.1, -0.05) is 13.8 Å². The summed E-state index contributed by atoms with van der Waals surface area (Å²) < 4.78 is 0. The third-order valence-electron chi connectivity index (χ3n) is 3.83. The molecule has 5 heteroatoms. The van der Waals surface area contributed by atoms with Gasteiger partial charge in [-0.2, -0.15) is 0 Å². The van der Waals surface area contributed by atoms with E-state index in [1.807, 2.05) is 13.8 Å². The minimum absolute atomic E-state index is 0.0426. The Morgan fingerprint density at radius 1 is 1.29 bits per heavy atom. The number of carbonyl (C=O) groups excluding carboxylic acids is 3. The van der Waals surface area contributed by atoms with Crippen molar-refractivity contribution in [3.8, 4) is 0 Å². The maximum absolute atomic E-state index is 11.9. The molecule has 2 rings (SSSR count). The van der Waals surface area contributed by atoms with Gasteiger partial charge >= 0.3 is 6.03 Å². The number of Topliss-reactive ketones (excluding diaryl/α,β-unsaturated/α-hetero) is 1. The molecule has 0 aromatic rings. The molecule has 94 valence electrons. The molecule has 1 saturated carbocycles. The Hall–Kier alpha value is -1.39. The number of rotatable bonds is 2. The van der Waals surface area contributed by atoms with Crippen molar-refractivity contribution in [1.82, 2.24) is 10.6 Å². The van der Waals surface area contributed by atoms with Crippen LogP contribution in [-0.2, 0) is 9.59 Å². The minimum Gasteiger partial charge on any atom is -0.323 e. The summed E-state index contributed by atoms with van der Waals surface area (Å²) in [5, 5.41) is 4.97. The molecule has 1 aliphatic heterocycles. The average molecular weight is 238 g/mol. The number of ketones is 1. The largest absolute Gasteiger partial charge is 0.323 e. The summed E-state index contributed by atoms with van der Waals surface area (Å²) in [6.45, 7) is 3.80. The molecule has 1 spiro atoms. The van der Waals surface area contributed by atoms with E-state index in [0.717, 1.165) is 0 Å². The van der Waals surface area contributed by atoms with Crippen LogP contribution >= 0.6 is 0 Å². The molecule has 0 aromatic heterocycles. The maximum atomic E-state index is 11.9. The predicted molar refractivity (Wildman–Crippen MR) is 61.2 cm³/mol. The van der Waals surface area contributed by atoms with Crippen LogP contribution in [0.15, 0.2) is 0 Å². The first kappa shape index (κ1) is 12.1. The molecule has 1 heterocycles. The van der Waals surface area contributed by atoms with Crippen LogP contribution in [0.2, 0.25) is 0 Å². The zero-order valence-electron chi connectivity index (χ0n) is 10.2. The van der Waals surface area contributed by atoms with E-state index in [1.54, 1.807) is 0 Å². The molecule has 1 saturated heterocycles. The summed E-state index contributed by atoms with van der Waals surface area (Å²) in [4.78, 5) is 34.7. The number of imide groups is 1. The molecular weight excluding hydrogens is 220 g/mol. The third-order valence-corrected chi connectivity index (χ3v) is 3.83. The summed E-state index contributed by atoms with van der Waals surface area (Å²) in [6, 6.07) is -0.413. The number of carbonyl (C=O) groups is 3. The first-order valence-corrected chi connectivity index (χ1v) is 6.12. The van der Waals surface area contributed by atoms with Gasteiger partial charge in [0, 0.05) is 11.8 Å². The number of amides is 3. The van der Waals surface area contributed by atoms with Crippen molar-refractivity contribution in [3.05, 3.63) is 0 Å². The van der Waals surface area contributed by atoms with Crippen LogP contribution < -0.4 is 10.6 Å². The molecule has 5 nitrogen and oxygen atoms in total. The van der Waals surface area contributed by atoms with Gasteiger partial charge in [0.2, 0.25) is 0 Å². The van der Waals surface area contributed by atoms with Gasteiger partial charge < -0.3 is 5.32 Å². The second-order valence-electron chi connectivity index (χ2n) is 5.32. The highest BCUT2D eigenvalue weighted by Gasteiger charge is 2.48. The molecule has 2 N–H and O–H groups in total. The number of nitrogens with one attached hydrogen (secondary N) is 2. The van der Waals surface area contributed by atoms with E-state index < -0.39 is 11.6 Å². The molecule has 2 aliphatic rings. The lowest BCUT2D eigenvalue weighted by Crippen LogP contribution is -2.50. The van der Waals surface area contributed by atoms with Crippen LogP contribution in [0.5, 0.6) is 0 Å². The zero-order chi connectivity index (χ0) is 12.6. The highest BCUT2D eigenvalue weighted by atomic mass is 16.2. The Balaban J connectivity index is 2.01. The average Bonchev–Trinajstić information content (AvgIpc) is 2.54. The molecule has 0 unspecified atom stereocenters. The van der Waals surface area contributed by atoms with Gasteiger partial charge in [-0.25, -0.2) is 4.79 Å². The lowest BCUT2D eigenvalue weighted by atomic mass is 9.73. The van der Waals surface area contributed by atoms with Gasteiger partial charge in [-0.3, -0.25) is 14.9 Å². The van der Waals surface area contributed by atoms with Crippen LogP contribution in [0.3, 0.4) is 0 Å². The van der Waals surface area contributed by atoms with Crippen molar-refractivity contribution in [2.45, 2.75) is 45.1 Å². The van der Waals surface area contributed by atoms with Crippen molar-refractivity contribution in [2.75, 3.05) is 0 Å². The molecule has 0 aromatic carbocycles. The number of urea groups is 1. The summed E-state index contributed by atoms with van der Waals surface area (Å²) in [5.41, 5.74) is -0.745. The highest BCUT2D eigenvalue weighted by Crippen LogP contribution is 2.35. The van der Waals surface area contributed by atoms with Gasteiger partial charge in [0.05, 0.1) is 0 Å². The van der Waals surface area contributed by atoms with E-state index in [0.29, 0.717) is 25.7 Å².